The Labute approximate surface area is 169 Å². The molecule has 1 aliphatic heterocycles. The maximum Gasteiger partial charge on any atom is 0.262 e. The summed E-state index contributed by atoms with van der Waals surface area (Å²) in [6.45, 7) is 4.56. The summed E-state index contributed by atoms with van der Waals surface area (Å²) in [5.74, 6) is 1.79. The molecule has 0 saturated carbocycles. The van der Waals surface area contributed by atoms with Gasteiger partial charge in [-0.15, -0.1) is 0 Å². The fourth-order valence-corrected chi connectivity index (χ4v) is 2.85. The number of rotatable bonds is 8. The highest BCUT2D eigenvalue weighted by Crippen LogP contribution is 2.29. The van der Waals surface area contributed by atoms with Gasteiger partial charge in [-0.1, -0.05) is 6.92 Å². The molecule has 29 heavy (non-hydrogen) atoms. The lowest BCUT2D eigenvalue weighted by Crippen LogP contribution is -2.37. The van der Waals surface area contributed by atoms with E-state index < -0.39 is 0 Å². The van der Waals surface area contributed by atoms with Crippen molar-refractivity contribution in [2.75, 3.05) is 57.3 Å². The fourth-order valence-electron chi connectivity index (χ4n) is 2.85. The molecule has 1 aromatic heterocycles. The number of nitrogens with one attached hydrogen (secondary N) is 1. The minimum atomic E-state index is -0.321. The number of benzene rings is 1. The molecule has 2 aromatic rings. The Bertz CT molecular complexity index is 840. The minimum absolute atomic E-state index is 0.183. The number of aromatic nitrogens is 2. The van der Waals surface area contributed by atoms with Gasteiger partial charge in [-0.25, -0.2) is 4.98 Å². The molecule has 3 rings (SSSR count). The first-order valence-corrected chi connectivity index (χ1v) is 9.48. The molecular weight excluding hydrogens is 376 g/mol. The summed E-state index contributed by atoms with van der Waals surface area (Å²) in [7, 11) is 3.10. The maximum atomic E-state index is 12.4. The number of carbonyl (C=O) groups is 1. The number of aryl methyl sites for hydroxylation is 1. The quantitative estimate of drug-likeness (QED) is 0.716. The number of anilines is 2. The van der Waals surface area contributed by atoms with E-state index in [9.17, 15) is 4.79 Å². The zero-order valence-corrected chi connectivity index (χ0v) is 16.9. The van der Waals surface area contributed by atoms with Crippen LogP contribution in [0.5, 0.6) is 17.4 Å². The number of ether oxygens (including phenoxy) is 4. The number of hydrogen-bond donors (Lipinski definition) is 1. The number of carbonyl (C=O) groups excluding carboxylic acids is 1. The largest absolute Gasteiger partial charge is 0.497 e. The van der Waals surface area contributed by atoms with E-state index in [1.54, 1.807) is 31.4 Å². The molecule has 9 heteroatoms. The number of hydrogen-bond acceptors (Lipinski definition) is 8. The third kappa shape index (κ3) is 5.47. The lowest BCUT2D eigenvalue weighted by atomic mass is 10.2. The number of amides is 1. The van der Waals surface area contributed by atoms with Crippen molar-refractivity contribution in [1.82, 2.24) is 9.97 Å². The zero-order valence-electron chi connectivity index (χ0n) is 16.9. The molecule has 1 saturated heterocycles. The molecule has 0 unspecified atom stereocenters. The summed E-state index contributed by atoms with van der Waals surface area (Å²) in [6.07, 6.45) is 0.742. The molecule has 0 aliphatic carbocycles. The van der Waals surface area contributed by atoms with E-state index in [-0.39, 0.29) is 12.5 Å². The molecule has 9 nitrogen and oxygen atoms in total. The first kappa shape index (κ1) is 20.7. The molecule has 0 spiro atoms. The third-order valence-corrected chi connectivity index (χ3v) is 4.43. The van der Waals surface area contributed by atoms with Crippen LogP contribution in [-0.2, 0) is 16.0 Å². The molecule has 0 radical (unpaired) electrons. The summed E-state index contributed by atoms with van der Waals surface area (Å²) < 4.78 is 21.5. The van der Waals surface area contributed by atoms with Crippen molar-refractivity contribution in [1.29, 1.82) is 0 Å². The summed E-state index contributed by atoms with van der Waals surface area (Å²) in [6, 6.07) is 6.91. The van der Waals surface area contributed by atoms with Crippen LogP contribution >= 0.6 is 0 Å². The van der Waals surface area contributed by atoms with Gasteiger partial charge in [0.2, 0.25) is 11.8 Å². The average molecular weight is 402 g/mol. The van der Waals surface area contributed by atoms with Gasteiger partial charge in [-0.2, -0.15) is 4.98 Å². The first-order valence-electron chi connectivity index (χ1n) is 9.48. The van der Waals surface area contributed by atoms with Crippen molar-refractivity contribution < 1.29 is 23.7 Å². The van der Waals surface area contributed by atoms with E-state index in [4.69, 9.17) is 18.9 Å². The Morgan fingerprint density at radius 3 is 2.66 bits per heavy atom. The predicted octanol–water partition coefficient (Wildman–Crippen LogP) is 1.91. The van der Waals surface area contributed by atoms with E-state index >= 15 is 0 Å². The van der Waals surface area contributed by atoms with Crippen molar-refractivity contribution in [3.05, 3.63) is 30.0 Å². The second-order valence-electron chi connectivity index (χ2n) is 6.35. The molecule has 0 bridgehead atoms. The van der Waals surface area contributed by atoms with Crippen LogP contribution in [0.15, 0.2) is 24.3 Å². The topological polar surface area (TPSA) is 95.0 Å². The Morgan fingerprint density at radius 1 is 1.17 bits per heavy atom. The molecule has 1 amide bonds. The molecule has 156 valence electrons. The van der Waals surface area contributed by atoms with E-state index in [1.807, 2.05) is 6.92 Å². The molecule has 1 aromatic carbocycles. The SMILES string of the molecule is CCc1cc(OCC(=O)Nc2ccc(OC)cc2OC)nc(N2CCOCC2)n1. The Hall–Kier alpha value is -3.07. The smallest absolute Gasteiger partial charge is 0.262 e. The normalized spacial score (nSPS) is 13.7. The molecular formula is C20H26N4O5. The summed E-state index contributed by atoms with van der Waals surface area (Å²) in [5, 5.41) is 2.77. The van der Waals surface area contributed by atoms with Crippen molar-refractivity contribution in [2.24, 2.45) is 0 Å². The highest BCUT2D eigenvalue weighted by Gasteiger charge is 2.17. The number of nitrogens with zero attached hydrogens (tertiary/aromatic N) is 3. The van der Waals surface area contributed by atoms with Crippen LogP contribution in [0.1, 0.15) is 12.6 Å². The summed E-state index contributed by atoms with van der Waals surface area (Å²) in [5.41, 5.74) is 1.39. The van der Waals surface area contributed by atoms with E-state index in [2.05, 4.69) is 20.2 Å². The van der Waals surface area contributed by atoms with Crippen molar-refractivity contribution >= 4 is 17.5 Å². The van der Waals surface area contributed by atoms with Crippen LogP contribution in [0.25, 0.3) is 0 Å². The molecule has 0 atom stereocenters. The molecule has 2 heterocycles. The van der Waals surface area contributed by atoms with Crippen LogP contribution in [0.2, 0.25) is 0 Å². The Balaban J connectivity index is 1.65. The van der Waals surface area contributed by atoms with Crippen molar-refractivity contribution in [3.8, 4) is 17.4 Å². The highest BCUT2D eigenvalue weighted by atomic mass is 16.5. The lowest BCUT2D eigenvalue weighted by molar-refractivity contribution is -0.118. The van der Waals surface area contributed by atoms with Crippen molar-refractivity contribution in [3.63, 3.8) is 0 Å². The van der Waals surface area contributed by atoms with Gasteiger partial charge in [0.15, 0.2) is 6.61 Å². The fraction of sp³-hybridized carbons (Fsp3) is 0.450. The van der Waals surface area contributed by atoms with E-state index in [0.717, 1.165) is 25.2 Å². The van der Waals surface area contributed by atoms with Crippen LogP contribution in [0.3, 0.4) is 0 Å². The first-order chi connectivity index (χ1) is 14.1. The van der Waals surface area contributed by atoms with Gasteiger partial charge in [-0.3, -0.25) is 4.79 Å². The predicted molar refractivity (Wildman–Crippen MR) is 108 cm³/mol. The Kier molecular flexibility index (Phi) is 7.07. The summed E-state index contributed by atoms with van der Waals surface area (Å²) in [4.78, 5) is 23.4. The standard InChI is InChI=1S/C20H26N4O5/c1-4-14-11-19(23-20(21-14)24-7-9-28-10-8-24)29-13-18(25)22-16-6-5-15(26-2)12-17(16)27-3/h5-6,11-12H,4,7-10,13H2,1-3H3,(H,22,25). The summed E-state index contributed by atoms with van der Waals surface area (Å²) >= 11 is 0. The lowest BCUT2D eigenvalue weighted by Gasteiger charge is -2.27. The van der Waals surface area contributed by atoms with Gasteiger partial charge in [0.1, 0.15) is 11.5 Å². The van der Waals surface area contributed by atoms with E-state index in [0.29, 0.717) is 42.2 Å². The Morgan fingerprint density at radius 2 is 1.97 bits per heavy atom. The van der Waals surface area contributed by atoms with Gasteiger partial charge in [-0.05, 0) is 18.6 Å². The van der Waals surface area contributed by atoms with Gasteiger partial charge in [0, 0.05) is 30.9 Å². The van der Waals surface area contributed by atoms with Crippen LogP contribution in [0, 0.1) is 0 Å². The van der Waals surface area contributed by atoms with Gasteiger partial charge in [0.25, 0.3) is 5.91 Å². The average Bonchev–Trinajstić information content (AvgIpc) is 2.78. The molecule has 1 N–H and O–H groups in total. The minimum Gasteiger partial charge on any atom is -0.497 e. The zero-order chi connectivity index (χ0) is 20.6. The van der Waals surface area contributed by atoms with Crippen molar-refractivity contribution in [2.45, 2.75) is 13.3 Å². The highest BCUT2D eigenvalue weighted by molar-refractivity contribution is 5.93. The molecule has 1 fully saturated rings. The second-order valence-corrected chi connectivity index (χ2v) is 6.35. The van der Waals surface area contributed by atoms with Crippen LogP contribution in [-0.4, -0.2) is 63.0 Å². The number of methoxy groups -OCH3 is 2. The van der Waals surface area contributed by atoms with Gasteiger partial charge in [0.05, 0.1) is 33.1 Å². The third-order valence-electron chi connectivity index (χ3n) is 4.43. The van der Waals surface area contributed by atoms with E-state index in [1.165, 1.54) is 7.11 Å². The second kappa shape index (κ2) is 9.92. The molecule has 1 aliphatic rings. The van der Waals surface area contributed by atoms with Crippen LogP contribution < -0.4 is 24.4 Å². The maximum absolute atomic E-state index is 12.4. The van der Waals surface area contributed by atoms with Crippen LogP contribution in [0.4, 0.5) is 11.6 Å². The van der Waals surface area contributed by atoms with Gasteiger partial charge >= 0.3 is 0 Å². The number of morpholine rings is 1. The van der Waals surface area contributed by atoms with Gasteiger partial charge < -0.3 is 29.2 Å². The monoisotopic (exact) mass is 402 g/mol.